The minimum absolute atomic E-state index is 0.0955. The summed E-state index contributed by atoms with van der Waals surface area (Å²) in [6, 6.07) is 5.96. The molecule has 0 bridgehead atoms. The fourth-order valence-corrected chi connectivity index (χ4v) is 1.45. The first kappa shape index (κ1) is 10.5. The molecule has 0 aliphatic rings. The van der Waals surface area contributed by atoms with Gasteiger partial charge >= 0.3 is 0 Å². The highest BCUT2D eigenvalue weighted by Gasteiger charge is 2.04. The van der Waals surface area contributed by atoms with Crippen molar-refractivity contribution in [2.45, 2.75) is 18.8 Å². The molecule has 0 saturated heterocycles. The zero-order valence-corrected chi connectivity index (χ0v) is 9.47. The van der Waals surface area contributed by atoms with Crippen molar-refractivity contribution in [2.24, 2.45) is 5.73 Å². The predicted molar refractivity (Wildman–Crippen MR) is 58.2 cm³/mol. The Morgan fingerprint density at radius 1 is 1.54 bits per heavy atom. The SMILES string of the molecule is CCOc1ccc(C(N)Br)cc1C. The minimum atomic E-state index is -0.0955. The molecular weight excluding hydrogens is 230 g/mol. The minimum Gasteiger partial charge on any atom is -0.494 e. The van der Waals surface area contributed by atoms with Crippen LogP contribution in [0.4, 0.5) is 0 Å². The number of aryl methyl sites for hydroxylation is 1. The summed E-state index contributed by atoms with van der Waals surface area (Å²) >= 11 is 3.32. The number of nitrogens with two attached hydrogens (primary N) is 1. The average Bonchev–Trinajstić information content (AvgIpc) is 2.08. The van der Waals surface area contributed by atoms with Crippen molar-refractivity contribution >= 4 is 15.9 Å². The number of alkyl halides is 1. The van der Waals surface area contributed by atoms with Gasteiger partial charge in [-0.1, -0.05) is 22.0 Å². The van der Waals surface area contributed by atoms with Crippen LogP contribution in [-0.2, 0) is 0 Å². The van der Waals surface area contributed by atoms with Crippen LogP contribution in [0, 0.1) is 6.92 Å². The number of hydrogen-bond acceptors (Lipinski definition) is 2. The third-order valence-electron chi connectivity index (χ3n) is 1.82. The lowest BCUT2D eigenvalue weighted by Crippen LogP contribution is -2.02. The lowest BCUT2D eigenvalue weighted by molar-refractivity contribution is 0.338. The highest BCUT2D eigenvalue weighted by atomic mass is 79.9. The molecule has 0 saturated carbocycles. The Labute approximate surface area is 87.2 Å². The molecule has 0 amide bonds. The first-order valence-electron chi connectivity index (χ1n) is 4.28. The Morgan fingerprint density at radius 2 is 2.23 bits per heavy atom. The Kier molecular flexibility index (Phi) is 3.75. The smallest absolute Gasteiger partial charge is 0.122 e. The van der Waals surface area contributed by atoms with Crippen LogP contribution in [0.15, 0.2) is 18.2 Å². The summed E-state index contributed by atoms with van der Waals surface area (Å²) in [5.74, 6) is 0.930. The van der Waals surface area contributed by atoms with E-state index in [0.29, 0.717) is 6.61 Å². The third-order valence-corrected chi connectivity index (χ3v) is 2.35. The maximum absolute atomic E-state index is 5.68. The number of ether oxygens (including phenoxy) is 1. The molecule has 0 aromatic heterocycles. The molecule has 0 heterocycles. The van der Waals surface area contributed by atoms with Gasteiger partial charge in [0.25, 0.3) is 0 Å². The molecule has 0 fully saturated rings. The molecule has 1 unspecified atom stereocenters. The Balaban J connectivity index is 2.92. The van der Waals surface area contributed by atoms with Gasteiger partial charge in [-0.15, -0.1) is 0 Å². The molecule has 1 atom stereocenters. The van der Waals surface area contributed by atoms with Crippen LogP contribution in [0.2, 0.25) is 0 Å². The number of rotatable bonds is 3. The van der Waals surface area contributed by atoms with E-state index < -0.39 is 0 Å². The van der Waals surface area contributed by atoms with Crippen molar-refractivity contribution < 1.29 is 4.74 Å². The van der Waals surface area contributed by atoms with Crippen molar-refractivity contribution in [3.8, 4) is 5.75 Å². The van der Waals surface area contributed by atoms with Gasteiger partial charge in [-0.2, -0.15) is 0 Å². The van der Waals surface area contributed by atoms with E-state index in [1.165, 1.54) is 0 Å². The average molecular weight is 244 g/mol. The first-order valence-corrected chi connectivity index (χ1v) is 5.19. The molecule has 1 aromatic carbocycles. The summed E-state index contributed by atoms with van der Waals surface area (Å²) in [5, 5.41) is 0. The maximum Gasteiger partial charge on any atom is 0.122 e. The van der Waals surface area contributed by atoms with Crippen molar-refractivity contribution in [3.63, 3.8) is 0 Å². The van der Waals surface area contributed by atoms with Crippen LogP contribution in [0.5, 0.6) is 5.75 Å². The van der Waals surface area contributed by atoms with Crippen molar-refractivity contribution in [3.05, 3.63) is 29.3 Å². The normalized spacial score (nSPS) is 12.6. The number of halogens is 1. The largest absolute Gasteiger partial charge is 0.494 e. The molecule has 2 N–H and O–H groups in total. The molecule has 2 nitrogen and oxygen atoms in total. The standard InChI is InChI=1S/C10H14BrNO/c1-3-13-9-5-4-8(10(11)12)6-7(9)2/h4-6,10H,3,12H2,1-2H3. The van der Waals surface area contributed by atoms with Crippen LogP contribution in [0.1, 0.15) is 23.0 Å². The fraction of sp³-hybridized carbons (Fsp3) is 0.400. The van der Waals surface area contributed by atoms with E-state index >= 15 is 0 Å². The summed E-state index contributed by atoms with van der Waals surface area (Å²) < 4.78 is 5.42. The monoisotopic (exact) mass is 243 g/mol. The molecule has 1 aromatic rings. The van der Waals surface area contributed by atoms with Crippen molar-refractivity contribution in [1.29, 1.82) is 0 Å². The van der Waals surface area contributed by atoms with E-state index in [2.05, 4.69) is 15.9 Å². The second kappa shape index (κ2) is 4.63. The van der Waals surface area contributed by atoms with E-state index in [1.807, 2.05) is 32.0 Å². The van der Waals surface area contributed by atoms with E-state index in [4.69, 9.17) is 10.5 Å². The van der Waals surface area contributed by atoms with Gasteiger partial charge in [0.2, 0.25) is 0 Å². The lowest BCUT2D eigenvalue weighted by atomic mass is 10.1. The summed E-state index contributed by atoms with van der Waals surface area (Å²) in [6.45, 7) is 4.69. The van der Waals surface area contributed by atoms with Gasteiger partial charge in [0.1, 0.15) is 5.75 Å². The van der Waals surface area contributed by atoms with Gasteiger partial charge in [0.15, 0.2) is 0 Å². The van der Waals surface area contributed by atoms with Crippen LogP contribution in [0.25, 0.3) is 0 Å². The third kappa shape index (κ3) is 2.71. The Hall–Kier alpha value is -0.540. The number of benzene rings is 1. The Morgan fingerprint density at radius 3 is 2.69 bits per heavy atom. The molecule has 72 valence electrons. The van der Waals surface area contributed by atoms with Gasteiger partial charge in [-0.25, -0.2) is 0 Å². The van der Waals surface area contributed by atoms with Crippen molar-refractivity contribution in [2.75, 3.05) is 6.61 Å². The van der Waals surface area contributed by atoms with Gasteiger partial charge in [0.05, 0.1) is 11.6 Å². The van der Waals surface area contributed by atoms with E-state index in [0.717, 1.165) is 16.9 Å². The molecule has 0 radical (unpaired) electrons. The highest BCUT2D eigenvalue weighted by Crippen LogP contribution is 2.24. The molecule has 0 spiro atoms. The molecule has 13 heavy (non-hydrogen) atoms. The summed E-state index contributed by atoms with van der Waals surface area (Å²) in [7, 11) is 0. The Bertz CT molecular complexity index is 286. The molecular formula is C10H14BrNO. The van der Waals surface area contributed by atoms with E-state index in [9.17, 15) is 0 Å². The lowest BCUT2D eigenvalue weighted by Gasteiger charge is -2.10. The molecule has 0 aliphatic carbocycles. The van der Waals surface area contributed by atoms with E-state index in [-0.39, 0.29) is 4.95 Å². The second-order valence-electron chi connectivity index (χ2n) is 2.86. The van der Waals surface area contributed by atoms with Gasteiger partial charge in [-0.3, -0.25) is 0 Å². The van der Waals surface area contributed by atoms with Crippen molar-refractivity contribution in [1.82, 2.24) is 0 Å². The van der Waals surface area contributed by atoms with Crippen LogP contribution < -0.4 is 10.5 Å². The predicted octanol–water partition coefficient (Wildman–Crippen LogP) is 2.75. The quantitative estimate of drug-likeness (QED) is 0.655. The van der Waals surface area contributed by atoms with Crippen LogP contribution in [-0.4, -0.2) is 6.61 Å². The number of hydrogen-bond donors (Lipinski definition) is 1. The zero-order valence-electron chi connectivity index (χ0n) is 7.88. The van der Waals surface area contributed by atoms with E-state index in [1.54, 1.807) is 0 Å². The van der Waals surface area contributed by atoms with Crippen LogP contribution >= 0.6 is 15.9 Å². The molecule has 3 heteroatoms. The topological polar surface area (TPSA) is 35.2 Å². The van der Waals surface area contributed by atoms with Gasteiger partial charge < -0.3 is 10.5 Å². The van der Waals surface area contributed by atoms with Gasteiger partial charge in [0, 0.05) is 0 Å². The molecule has 0 aliphatic heterocycles. The summed E-state index contributed by atoms with van der Waals surface area (Å²) in [4.78, 5) is -0.0955. The fourth-order valence-electron chi connectivity index (χ4n) is 1.16. The second-order valence-corrected chi connectivity index (χ2v) is 3.85. The maximum atomic E-state index is 5.68. The highest BCUT2D eigenvalue weighted by molar-refractivity contribution is 9.09. The summed E-state index contributed by atoms with van der Waals surface area (Å²) in [5.41, 5.74) is 7.87. The molecule has 1 rings (SSSR count). The van der Waals surface area contributed by atoms with Crippen LogP contribution in [0.3, 0.4) is 0 Å². The van der Waals surface area contributed by atoms with Gasteiger partial charge in [-0.05, 0) is 37.1 Å². The zero-order chi connectivity index (χ0) is 9.84. The summed E-state index contributed by atoms with van der Waals surface area (Å²) in [6.07, 6.45) is 0. The first-order chi connectivity index (χ1) is 6.15.